The molecule has 4 nitrogen and oxygen atoms in total. The maximum Gasteiger partial charge on any atom is 0.263 e. The molecule has 2 fully saturated rings. The van der Waals surface area contributed by atoms with E-state index < -0.39 is 0 Å². The SMILES string of the molecule is Cc1cc(C(=O)N2CCC([C@H](C)N3CCOCC3)CC2)sc1C. The van der Waals surface area contributed by atoms with Gasteiger partial charge >= 0.3 is 0 Å². The van der Waals surface area contributed by atoms with Gasteiger partial charge in [0.25, 0.3) is 5.91 Å². The second-order valence-corrected chi connectivity index (χ2v) is 8.12. The summed E-state index contributed by atoms with van der Waals surface area (Å²) in [7, 11) is 0. The largest absolute Gasteiger partial charge is 0.379 e. The highest BCUT2D eigenvalue weighted by Gasteiger charge is 2.30. The number of likely N-dealkylation sites (tertiary alicyclic amines) is 1. The lowest BCUT2D eigenvalue weighted by Crippen LogP contribution is -2.49. The molecule has 128 valence electrons. The van der Waals surface area contributed by atoms with E-state index in [1.165, 1.54) is 10.4 Å². The van der Waals surface area contributed by atoms with Gasteiger partial charge in [-0.1, -0.05) is 0 Å². The molecule has 1 aromatic rings. The fraction of sp³-hybridized carbons (Fsp3) is 0.722. The molecule has 0 N–H and O–H groups in total. The zero-order valence-electron chi connectivity index (χ0n) is 14.5. The number of carbonyl (C=O) groups is 1. The number of aryl methyl sites for hydroxylation is 2. The average Bonchev–Trinajstić information content (AvgIpc) is 2.93. The van der Waals surface area contributed by atoms with Crippen molar-refractivity contribution in [2.24, 2.45) is 5.92 Å². The second-order valence-electron chi connectivity index (χ2n) is 6.87. The number of hydrogen-bond acceptors (Lipinski definition) is 4. The maximum absolute atomic E-state index is 12.7. The summed E-state index contributed by atoms with van der Waals surface area (Å²) in [6.07, 6.45) is 2.24. The first-order valence-electron chi connectivity index (χ1n) is 8.74. The van der Waals surface area contributed by atoms with Crippen LogP contribution in [0.1, 0.15) is 39.9 Å². The lowest BCUT2D eigenvalue weighted by Gasteiger charge is -2.40. The summed E-state index contributed by atoms with van der Waals surface area (Å²) in [5.74, 6) is 0.924. The Balaban J connectivity index is 1.54. The van der Waals surface area contributed by atoms with Gasteiger partial charge in [0.15, 0.2) is 0 Å². The normalized spacial score (nSPS) is 22.3. The summed E-state index contributed by atoms with van der Waals surface area (Å²) >= 11 is 1.63. The highest BCUT2D eigenvalue weighted by atomic mass is 32.1. The molecule has 1 aromatic heterocycles. The van der Waals surface area contributed by atoms with Gasteiger partial charge in [0.05, 0.1) is 18.1 Å². The maximum atomic E-state index is 12.7. The summed E-state index contributed by atoms with van der Waals surface area (Å²) in [5.41, 5.74) is 1.23. The number of hydrogen-bond donors (Lipinski definition) is 0. The topological polar surface area (TPSA) is 32.8 Å². The lowest BCUT2D eigenvalue weighted by atomic mass is 9.89. The molecule has 5 heteroatoms. The van der Waals surface area contributed by atoms with Crippen molar-refractivity contribution in [1.29, 1.82) is 0 Å². The van der Waals surface area contributed by atoms with Crippen LogP contribution in [0.2, 0.25) is 0 Å². The Labute approximate surface area is 143 Å². The molecule has 2 aliphatic heterocycles. The molecule has 0 unspecified atom stereocenters. The minimum Gasteiger partial charge on any atom is -0.379 e. The molecule has 2 saturated heterocycles. The predicted octanol–water partition coefficient (Wildman–Crippen LogP) is 2.94. The summed E-state index contributed by atoms with van der Waals surface area (Å²) in [6.45, 7) is 12.1. The lowest BCUT2D eigenvalue weighted by molar-refractivity contribution is -0.000921. The third-order valence-electron chi connectivity index (χ3n) is 5.51. The number of nitrogens with zero attached hydrogens (tertiary/aromatic N) is 2. The van der Waals surface area contributed by atoms with Crippen molar-refractivity contribution in [3.05, 3.63) is 21.4 Å². The van der Waals surface area contributed by atoms with E-state index in [1.807, 2.05) is 11.0 Å². The van der Waals surface area contributed by atoms with Gasteiger partial charge in [-0.15, -0.1) is 11.3 Å². The van der Waals surface area contributed by atoms with E-state index in [4.69, 9.17) is 4.74 Å². The zero-order valence-corrected chi connectivity index (χ0v) is 15.3. The molecule has 0 saturated carbocycles. The molecule has 23 heavy (non-hydrogen) atoms. The van der Waals surface area contributed by atoms with Crippen LogP contribution < -0.4 is 0 Å². The van der Waals surface area contributed by atoms with Crippen LogP contribution in [0.5, 0.6) is 0 Å². The van der Waals surface area contributed by atoms with Gasteiger partial charge in [0.1, 0.15) is 0 Å². The van der Waals surface area contributed by atoms with Crippen molar-refractivity contribution >= 4 is 17.2 Å². The van der Waals surface area contributed by atoms with Crippen LogP contribution in [0.15, 0.2) is 6.07 Å². The smallest absolute Gasteiger partial charge is 0.263 e. The van der Waals surface area contributed by atoms with Crippen LogP contribution in [0, 0.1) is 19.8 Å². The molecule has 0 bridgehead atoms. The number of thiophene rings is 1. The monoisotopic (exact) mass is 336 g/mol. The van der Waals surface area contributed by atoms with Crippen molar-refractivity contribution < 1.29 is 9.53 Å². The van der Waals surface area contributed by atoms with Crippen LogP contribution >= 0.6 is 11.3 Å². The molecule has 3 heterocycles. The summed E-state index contributed by atoms with van der Waals surface area (Å²) in [6, 6.07) is 2.65. The molecule has 0 aliphatic carbocycles. The number of rotatable bonds is 3. The predicted molar refractivity (Wildman–Crippen MR) is 94.3 cm³/mol. The van der Waals surface area contributed by atoms with Gasteiger partial charge in [0.2, 0.25) is 0 Å². The van der Waals surface area contributed by atoms with Crippen molar-refractivity contribution in [2.75, 3.05) is 39.4 Å². The molecule has 0 radical (unpaired) electrons. The second kappa shape index (κ2) is 7.32. The van der Waals surface area contributed by atoms with E-state index in [0.717, 1.165) is 57.1 Å². The number of ether oxygens (including phenoxy) is 1. The number of piperidine rings is 1. The van der Waals surface area contributed by atoms with E-state index in [-0.39, 0.29) is 5.91 Å². The molecular formula is C18H28N2O2S. The van der Waals surface area contributed by atoms with Crippen LogP contribution in [-0.2, 0) is 4.74 Å². The van der Waals surface area contributed by atoms with Gasteiger partial charge in [-0.3, -0.25) is 9.69 Å². The number of carbonyl (C=O) groups excluding carboxylic acids is 1. The molecule has 1 atom stereocenters. The Bertz CT molecular complexity index is 524. The standard InChI is InChI=1S/C18H28N2O2S/c1-13-12-17(23-15(13)3)18(21)20-6-4-16(5-7-20)14(2)19-8-10-22-11-9-19/h12,14,16H,4-11H2,1-3H3/t14-/m0/s1. The minimum absolute atomic E-state index is 0.226. The average molecular weight is 337 g/mol. The number of amides is 1. The quantitative estimate of drug-likeness (QED) is 0.851. The Morgan fingerprint density at radius 1 is 1.22 bits per heavy atom. The summed E-state index contributed by atoms with van der Waals surface area (Å²) in [4.78, 5) is 19.4. The summed E-state index contributed by atoms with van der Waals surface area (Å²) in [5, 5.41) is 0. The molecule has 3 rings (SSSR count). The van der Waals surface area contributed by atoms with Crippen LogP contribution in [0.25, 0.3) is 0 Å². The fourth-order valence-electron chi connectivity index (χ4n) is 3.70. The highest BCUT2D eigenvalue weighted by Crippen LogP contribution is 2.27. The highest BCUT2D eigenvalue weighted by molar-refractivity contribution is 7.14. The van der Waals surface area contributed by atoms with Crippen molar-refractivity contribution in [3.8, 4) is 0 Å². The Morgan fingerprint density at radius 3 is 2.43 bits per heavy atom. The number of morpholine rings is 1. The fourth-order valence-corrected chi connectivity index (χ4v) is 4.70. The van der Waals surface area contributed by atoms with E-state index in [1.54, 1.807) is 11.3 Å². The van der Waals surface area contributed by atoms with E-state index in [0.29, 0.717) is 12.0 Å². The van der Waals surface area contributed by atoms with Gasteiger partial charge in [-0.25, -0.2) is 0 Å². The third-order valence-corrected chi connectivity index (χ3v) is 6.65. The first-order chi connectivity index (χ1) is 11.1. The van der Waals surface area contributed by atoms with Gasteiger partial charge in [-0.2, -0.15) is 0 Å². The minimum atomic E-state index is 0.226. The Kier molecular flexibility index (Phi) is 5.39. The molecule has 0 spiro atoms. The van der Waals surface area contributed by atoms with Crippen LogP contribution in [0.3, 0.4) is 0 Å². The van der Waals surface area contributed by atoms with Crippen molar-refractivity contribution in [3.63, 3.8) is 0 Å². The van der Waals surface area contributed by atoms with E-state index >= 15 is 0 Å². The molecular weight excluding hydrogens is 308 g/mol. The van der Waals surface area contributed by atoms with Crippen molar-refractivity contribution in [2.45, 2.75) is 39.7 Å². The molecule has 2 aliphatic rings. The molecule has 0 aromatic carbocycles. The Hall–Kier alpha value is -0.910. The van der Waals surface area contributed by atoms with Gasteiger partial charge in [-0.05, 0) is 51.2 Å². The van der Waals surface area contributed by atoms with Crippen LogP contribution in [0.4, 0.5) is 0 Å². The van der Waals surface area contributed by atoms with Crippen LogP contribution in [-0.4, -0.2) is 61.1 Å². The summed E-state index contributed by atoms with van der Waals surface area (Å²) < 4.78 is 5.45. The molecule has 1 amide bonds. The van der Waals surface area contributed by atoms with Gasteiger partial charge < -0.3 is 9.64 Å². The van der Waals surface area contributed by atoms with E-state index in [9.17, 15) is 4.79 Å². The zero-order chi connectivity index (χ0) is 16.4. The first kappa shape index (κ1) is 16.9. The van der Waals surface area contributed by atoms with E-state index in [2.05, 4.69) is 25.7 Å². The Morgan fingerprint density at radius 2 is 1.87 bits per heavy atom. The van der Waals surface area contributed by atoms with Gasteiger partial charge in [0, 0.05) is 37.1 Å². The third kappa shape index (κ3) is 3.78. The first-order valence-corrected chi connectivity index (χ1v) is 9.56. The van der Waals surface area contributed by atoms with Crippen molar-refractivity contribution in [1.82, 2.24) is 9.80 Å².